The van der Waals surface area contributed by atoms with Crippen molar-refractivity contribution in [2.24, 2.45) is 0 Å². The van der Waals surface area contributed by atoms with Crippen LogP contribution in [0.2, 0.25) is 5.02 Å². The van der Waals surface area contributed by atoms with Gasteiger partial charge in [-0.25, -0.2) is 18.9 Å². The first kappa shape index (κ1) is 17.5. The van der Waals surface area contributed by atoms with Gasteiger partial charge in [0.1, 0.15) is 18.7 Å². The summed E-state index contributed by atoms with van der Waals surface area (Å²) in [4.78, 5) is 26.7. The van der Waals surface area contributed by atoms with Gasteiger partial charge in [-0.15, -0.1) is 5.10 Å². The molecule has 134 valence electrons. The molecule has 3 rings (SSSR count). The SMILES string of the molecule is O=C(Cn1ccc(C(=O)O)n1)Nc1ncn(Cc2ccc(F)cc2Cl)n1. The summed E-state index contributed by atoms with van der Waals surface area (Å²) in [7, 11) is 0. The molecule has 1 amide bonds. The Morgan fingerprint density at radius 3 is 2.73 bits per heavy atom. The number of hydrogen-bond acceptors (Lipinski definition) is 5. The molecule has 0 bridgehead atoms. The maximum Gasteiger partial charge on any atom is 0.356 e. The van der Waals surface area contributed by atoms with Crippen LogP contribution in [0.3, 0.4) is 0 Å². The fraction of sp³-hybridized carbons (Fsp3) is 0.133. The molecule has 3 aromatic rings. The van der Waals surface area contributed by atoms with Crippen molar-refractivity contribution in [1.29, 1.82) is 0 Å². The number of nitrogens with zero attached hydrogens (tertiary/aromatic N) is 5. The third-order valence-electron chi connectivity index (χ3n) is 3.30. The van der Waals surface area contributed by atoms with Gasteiger partial charge in [0, 0.05) is 11.2 Å². The molecule has 9 nitrogen and oxygen atoms in total. The van der Waals surface area contributed by atoms with Gasteiger partial charge < -0.3 is 5.11 Å². The minimum absolute atomic E-state index is 0.0684. The molecule has 0 unspecified atom stereocenters. The van der Waals surface area contributed by atoms with E-state index in [0.717, 1.165) is 0 Å². The average molecular weight is 379 g/mol. The molecule has 2 N–H and O–H groups in total. The molecular weight excluding hydrogens is 367 g/mol. The Hall–Kier alpha value is -3.27. The monoisotopic (exact) mass is 378 g/mol. The Morgan fingerprint density at radius 1 is 1.23 bits per heavy atom. The minimum atomic E-state index is -1.18. The molecule has 11 heteroatoms. The van der Waals surface area contributed by atoms with Crippen molar-refractivity contribution in [3.8, 4) is 0 Å². The van der Waals surface area contributed by atoms with E-state index in [4.69, 9.17) is 16.7 Å². The van der Waals surface area contributed by atoms with Crippen LogP contribution in [-0.4, -0.2) is 41.5 Å². The lowest BCUT2D eigenvalue weighted by molar-refractivity contribution is -0.117. The number of anilines is 1. The van der Waals surface area contributed by atoms with Crippen LogP contribution < -0.4 is 5.32 Å². The lowest BCUT2D eigenvalue weighted by Gasteiger charge is -2.04. The first-order valence-electron chi connectivity index (χ1n) is 7.30. The van der Waals surface area contributed by atoms with E-state index in [2.05, 4.69) is 20.5 Å². The molecule has 0 saturated carbocycles. The van der Waals surface area contributed by atoms with E-state index in [1.807, 2.05) is 0 Å². The lowest BCUT2D eigenvalue weighted by atomic mass is 10.2. The molecule has 0 saturated heterocycles. The van der Waals surface area contributed by atoms with Crippen LogP contribution >= 0.6 is 11.6 Å². The molecule has 0 atom stereocenters. The summed E-state index contributed by atoms with van der Waals surface area (Å²) in [6.07, 6.45) is 2.78. The number of rotatable bonds is 6. The van der Waals surface area contributed by atoms with Crippen molar-refractivity contribution in [2.75, 3.05) is 5.32 Å². The number of carboxylic acids is 1. The molecule has 0 spiro atoms. The van der Waals surface area contributed by atoms with Crippen molar-refractivity contribution in [3.05, 3.63) is 58.9 Å². The van der Waals surface area contributed by atoms with Gasteiger partial charge >= 0.3 is 5.97 Å². The maximum atomic E-state index is 13.1. The van der Waals surface area contributed by atoms with Crippen molar-refractivity contribution >= 4 is 29.4 Å². The standard InChI is InChI=1S/C15H12ClFN6O3/c16-11-5-10(17)2-1-9(11)6-23-8-18-15(21-23)19-13(24)7-22-4-3-12(20-22)14(25)26/h1-5,8H,6-7H2,(H,25,26)(H,19,21,24). The fourth-order valence-corrected chi connectivity index (χ4v) is 2.35. The normalized spacial score (nSPS) is 10.7. The van der Waals surface area contributed by atoms with Crippen molar-refractivity contribution in [3.63, 3.8) is 0 Å². The van der Waals surface area contributed by atoms with Crippen molar-refractivity contribution in [2.45, 2.75) is 13.1 Å². The molecule has 0 aliphatic heterocycles. The number of aromatic nitrogens is 5. The number of carboxylic acid groups (broad SMARTS) is 1. The molecular formula is C15H12ClFN6O3. The zero-order chi connectivity index (χ0) is 18.7. The highest BCUT2D eigenvalue weighted by Crippen LogP contribution is 2.18. The molecule has 0 radical (unpaired) electrons. The van der Waals surface area contributed by atoms with Gasteiger partial charge in [0.25, 0.3) is 0 Å². The average Bonchev–Trinajstić information content (AvgIpc) is 3.20. The Kier molecular flexibility index (Phi) is 4.94. The van der Waals surface area contributed by atoms with E-state index < -0.39 is 17.7 Å². The van der Waals surface area contributed by atoms with Crippen molar-refractivity contribution in [1.82, 2.24) is 24.5 Å². The first-order chi connectivity index (χ1) is 12.4. The van der Waals surface area contributed by atoms with E-state index >= 15 is 0 Å². The van der Waals surface area contributed by atoms with E-state index in [1.165, 1.54) is 46.2 Å². The summed E-state index contributed by atoms with van der Waals surface area (Å²) in [6, 6.07) is 5.31. The predicted molar refractivity (Wildman–Crippen MR) is 88.4 cm³/mol. The van der Waals surface area contributed by atoms with Crippen LogP contribution in [0.4, 0.5) is 10.3 Å². The number of benzene rings is 1. The van der Waals surface area contributed by atoms with Gasteiger partial charge in [0.2, 0.25) is 11.9 Å². The molecule has 2 aromatic heterocycles. The number of nitrogens with one attached hydrogen (secondary N) is 1. The topological polar surface area (TPSA) is 115 Å². The second kappa shape index (κ2) is 7.31. The number of amides is 1. The van der Waals surface area contributed by atoms with Crippen LogP contribution in [0.25, 0.3) is 0 Å². The molecule has 0 fully saturated rings. The van der Waals surface area contributed by atoms with Gasteiger partial charge in [0.15, 0.2) is 5.69 Å². The summed E-state index contributed by atoms with van der Waals surface area (Å²) in [5, 5.41) is 19.4. The minimum Gasteiger partial charge on any atom is -0.476 e. The van der Waals surface area contributed by atoms with Crippen LogP contribution in [0.5, 0.6) is 0 Å². The number of halogens is 2. The second-order valence-electron chi connectivity index (χ2n) is 5.25. The lowest BCUT2D eigenvalue weighted by Crippen LogP contribution is -2.20. The third kappa shape index (κ3) is 4.22. The van der Waals surface area contributed by atoms with Gasteiger partial charge in [-0.1, -0.05) is 17.7 Å². The highest BCUT2D eigenvalue weighted by molar-refractivity contribution is 6.31. The van der Waals surface area contributed by atoms with E-state index in [9.17, 15) is 14.0 Å². The smallest absolute Gasteiger partial charge is 0.356 e. The Morgan fingerprint density at radius 2 is 2.04 bits per heavy atom. The van der Waals surface area contributed by atoms with E-state index in [-0.39, 0.29) is 29.8 Å². The first-order valence-corrected chi connectivity index (χ1v) is 7.68. The third-order valence-corrected chi connectivity index (χ3v) is 3.65. The van der Waals surface area contributed by atoms with Crippen LogP contribution in [0, 0.1) is 5.82 Å². The van der Waals surface area contributed by atoms with Crippen molar-refractivity contribution < 1.29 is 19.1 Å². The quantitative estimate of drug-likeness (QED) is 0.674. The number of hydrogen-bond donors (Lipinski definition) is 2. The van der Waals surface area contributed by atoms with Crippen LogP contribution in [0.1, 0.15) is 16.1 Å². The number of carbonyl (C=O) groups excluding carboxylic acids is 1. The summed E-state index contributed by atoms with van der Waals surface area (Å²) in [5.74, 6) is -2.01. The summed E-state index contributed by atoms with van der Waals surface area (Å²) in [6.45, 7) is 0.0642. The van der Waals surface area contributed by atoms with E-state index in [1.54, 1.807) is 0 Å². The van der Waals surface area contributed by atoms with Gasteiger partial charge in [-0.2, -0.15) is 5.10 Å². The zero-order valence-electron chi connectivity index (χ0n) is 13.1. The Labute approximate surface area is 151 Å². The number of aromatic carboxylic acids is 1. The molecule has 0 aliphatic rings. The van der Waals surface area contributed by atoms with Gasteiger partial charge in [0.05, 0.1) is 6.54 Å². The van der Waals surface area contributed by atoms with Gasteiger partial charge in [-0.05, 0) is 23.8 Å². The summed E-state index contributed by atoms with van der Waals surface area (Å²) < 4.78 is 15.7. The largest absolute Gasteiger partial charge is 0.476 e. The van der Waals surface area contributed by atoms with Gasteiger partial charge in [-0.3, -0.25) is 14.8 Å². The summed E-state index contributed by atoms with van der Waals surface area (Å²) >= 11 is 5.96. The Balaban J connectivity index is 1.60. The molecule has 2 heterocycles. The Bertz CT molecular complexity index is 970. The molecule has 0 aliphatic carbocycles. The highest BCUT2D eigenvalue weighted by Gasteiger charge is 2.11. The fourth-order valence-electron chi connectivity index (χ4n) is 2.13. The maximum absolute atomic E-state index is 13.1. The van der Waals surface area contributed by atoms with Crippen LogP contribution in [0.15, 0.2) is 36.8 Å². The zero-order valence-corrected chi connectivity index (χ0v) is 13.9. The molecule has 1 aromatic carbocycles. The van der Waals surface area contributed by atoms with Crippen LogP contribution in [-0.2, 0) is 17.9 Å². The number of carbonyl (C=O) groups is 2. The second-order valence-corrected chi connectivity index (χ2v) is 5.66. The summed E-state index contributed by atoms with van der Waals surface area (Å²) in [5.41, 5.74) is 0.491. The molecule has 26 heavy (non-hydrogen) atoms. The predicted octanol–water partition coefficient (Wildman–Crippen LogP) is 1.65. The highest BCUT2D eigenvalue weighted by atomic mass is 35.5. The van der Waals surface area contributed by atoms with E-state index in [0.29, 0.717) is 5.56 Å².